The number of benzene rings is 2. The first-order chi connectivity index (χ1) is 10.7. The molecule has 0 radical (unpaired) electrons. The van der Waals surface area contributed by atoms with Crippen molar-refractivity contribution in [1.29, 1.82) is 0 Å². The first kappa shape index (κ1) is 15.1. The minimum atomic E-state index is 0.269. The van der Waals surface area contributed by atoms with Gasteiger partial charge in [0, 0.05) is 17.6 Å². The van der Waals surface area contributed by atoms with Crippen molar-refractivity contribution in [2.24, 2.45) is 0 Å². The molecule has 1 N–H and O–H groups in total. The summed E-state index contributed by atoms with van der Waals surface area (Å²) in [5.41, 5.74) is 5.47. The summed E-state index contributed by atoms with van der Waals surface area (Å²) in [5.74, 6) is 0.967. The second-order valence-corrected chi connectivity index (χ2v) is 6.28. The lowest BCUT2D eigenvalue weighted by Crippen LogP contribution is -2.28. The van der Waals surface area contributed by atoms with E-state index >= 15 is 0 Å². The zero-order valence-electron chi connectivity index (χ0n) is 13.7. The second-order valence-electron chi connectivity index (χ2n) is 6.28. The number of fused-ring (bicyclic) bond motifs is 1. The lowest BCUT2D eigenvalue weighted by atomic mass is 9.87. The maximum atomic E-state index is 5.54. The van der Waals surface area contributed by atoms with Gasteiger partial charge < -0.3 is 10.1 Å². The molecule has 2 aromatic rings. The topological polar surface area (TPSA) is 21.3 Å². The van der Waals surface area contributed by atoms with Gasteiger partial charge in [-0.3, -0.25) is 0 Å². The van der Waals surface area contributed by atoms with Crippen LogP contribution < -0.4 is 10.1 Å². The summed E-state index contributed by atoms with van der Waals surface area (Å²) in [6, 6.07) is 15.9. The summed E-state index contributed by atoms with van der Waals surface area (Å²) in [4.78, 5) is 0. The Morgan fingerprint density at radius 3 is 2.82 bits per heavy atom. The predicted octanol–water partition coefficient (Wildman–Crippen LogP) is 4.73. The lowest BCUT2D eigenvalue weighted by molar-refractivity contribution is 0.382. The van der Waals surface area contributed by atoms with Gasteiger partial charge in [0.25, 0.3) is 0 Å². The van der Waals surface area contributed by atoms with Crippen molar-refractivity contribution in [2.75, 3.05) is 7.11 Å². The summed E-state index contributed by atoms with van der Waals surface area (Å²) in [5, 5.41) is 3.81. The highest BCUT2D eigenvalue weighted by atomic mass is 16.5. The van der Waals surface area contributed by atoms with E-state index in [1.165, 1.54) is 41.5 Å². The molecule has 0 bridgehead atoms. The number of methoxy groups -OCH3 is 1. The Balaban J connectivity index is 1.84. The Labute approximate surface area is 133 Å². The third kappa shape index (κ3) is 3.02. The standard InChI is InChI=1S/C20H25NO/c1-14-11-12-20(22-3)18(13-14)15(2)21-19-10-6-8-16-7-4-5-9-17(16)19/h4-5,7,9,11-13,15,19,21H,6,8,10H2,1-3H3. The average molecular weight is 295 g/mol. The average Bonchev–Trinajstić information content (AvgIpc) is 2.55. The van der Waals surface area contributed by atoms with Crippen LogP contribution in [0, 0.1) is 6.92 Å². The molecule has 0 saturated carbocycles. The molecule has 0 spiro atoms. The van der Waals surface area contributed by atoms with Crippen LogP contribution in [0.3, 0.4) is 0 Å². The lowest BCUT2D eigenvalue weighted by Gasteiger charge is -2.30. The first-order valence-electron chi connectivity index (χ1n) is 8.17. The van der Waals surface area contributed by atoms with Gasteiger partial charge in [0.05, 0.1) is 7.11 Å². The molecule has 0 heterocycles. The summed E-state index contributed by atoms with van der Waals surface area (Å²) >= 11 is 0. The van der Waals surface area contributed by atoms with Gasteiger partial charge in [-0.15, -0.1) is 0 Å². The van der Waals surface area contributed by atoms with Crippen LogP contribution in [0.25, 0.3) is 0 Å². The highest BCUT2D eigenvalue weighted by molar-refractivity contribution is 5.39. The van der Waals surface area contributed by atoms with Crippen LogP contribution in [-0.2, 0) is 6.42 Å². The van der Waals surface area contributed by atoms with Crippen LogP contribution in [0.2, 0.25) is 0 Å². The molecule has 2 nitrogen and oxygen atoms in total. The molecular formula is C20H25NO. The maximum absolute atomic E-state index is 5.54. The van der Waals surface area contributed by atoms with Gasteiger partial charge >= 0.3 is 0 Å². The van der Waals surface area contributed by atoms with Crippen LogP contribution in [0.15, 0.2) is 42.5 Å². The molecule has 0 aliphatic heterocycles. The van der Waals surface area contributed by atoms with E-state index in [0.29, 0.717) is 6.04 Å². The summed E-state index contributed by atoms with van der Waals surface area (Å²) < 4.78 is 5.54. The molecule has 2 unspecified atom stereocenters. The van der Waals surface area contributed by atoms with Gasteiger partial charge in [-0.05, 0) is 50.3 Å². The van der Waals surface area contributed by atoms with Crippen LogP contribution >= 0.6 is 0 Å². The monoisotopic (exact) mass is 295 g/mol. The van der Waals surface area contributed by atoms with E-state index in [0.717, 1.165) is 5.75 Å². The molecule has 116 valence electrons. The van der Waals surface area contributed by atoms with Crippen molar-refractivity contribution < 1.29 is 4.74 Å². The summed E-state index contributed by atoms with van der Waals surface area (Å²) in [7, 11) is 1.75. The highest BCUT2D eigenvalue weighted by Crippen LogP contribution is 2.33. The van der Waals surface area contributed by atoms with Crippen LogP contribution in [0.4, 0.5) is 0 Å². The number of hydrogen-bond acceptors (Lipinski definition) is 2. The number of hydrogen-bond donors (Lipinski definition) is 1. The SMILES string of the molecule is COc1ccc(C)cc1C(C)NC1CCCc2ccccc21. The van der Waals surface area contributed by atoms with E-state index in [4.69, 9.17) is 4.74 Å². The second kappa shape index (κ2) is 6.53. The minimum Gasteiger partial charge on any atom is -0.496 e. The largest absolute Gasteiger partial charge is 0.496 e. The van der Waals surface area contributed by atoms with Crippen molar-refractivity contribution in [3.05, 3.63) is 64.7 Å². The predicted molar refractivity (Wildman–Crippen MR) is 91.4 cm³/mol. The van der Waals surface area contributed by atoms with E-state index < -0.39 is 0 Å². The van der Waals surface area contributed by atoms with E-state index in [2.05, 4.69) is 61.6 Å². The van der Waals surface area contributed by atoms with E-state index in [9.17, 15) is 0 Å². The molecule has 0 saturated heterocycles. The first-order valence-corrected chi connectivity index (χ1v) is 8.17. The third-order valence-electron chi connectivity index (χ3n) is 4.67. The van der Waals surface area contributed by atoms with Crippen molar-refractivity contribution in [3.8, 4) is 5.75 Å². The van der Waals surface area contributed by atoms with Gasteiger partial charge in [-0.25, -0.2) is 0 Å². The van der Waals surface area contributed by atoms with Gasteiger partial charge in [-0.1, -0.05) is 42.0 Å². The number of rotatable bonds is 4. The Hall–Kier alpha value is -1.80. The minimum absolute atomic E-state index is 0.269. The van der Waals surface area contributed by atoms with Crippen molar-refractivity contribution in [1.82, 2.24) is 5.32 Å². The van der Waals surface area contributed by atoms with Crippen molar-refractivity contribution in [2.45, 2.75) is 45.2 Å². The molecule has 2 aromatic carbocycles. The van der Waals surface area contributed by atoms with E-state index in [1.807, 2.05) is 0 Å². The van der Waals surface area contributed by atoms with Gasteiger partial charge in [-0.2, -0.15) is 0 Å². The molecule has 22 heavy (non-hydrogen) atoms. The molecule has 1 aliphatic rings. The number of ether oxygens (including phenoxy) is 1. The van der Waals surface area contributed by atoms with Crippen LogP contribution in [-0.4, -0.2) is 7.11 Å². The molecule has 0 fully saturated rings. The fourth-order valence-electron chi connectivity index (χ4n) is 3.51. The van der Waals surface area contributed by atoms with E-state index in [1.54, 1.807) is 7.11 Å². The van der Waals surface area contributed by atoms with E-state index in [-0.39, 0.29) is 6.04 Å². The fraction of sp³-hybridized carbons (Fsp3) is 0.400. The Kier molecular flexibility index (Phi) is 4.49. The number of nitrogens with one attached hydrogen (secondary N) is 1. The maximum Gasteiger partial charge on any atom is 0.123 e. The van der Waals surface area contributed by atoms with Crippen molar-refractivity contribution in [3.63, 3.8) is 0 Å². The van der Waals surface area contributed by atoms with Crippen LogP contribution in [0.1, 0.15) is 54.1 Å². The van der Waals surface area contributed by atoms with Gasteiger partial charge in [0.15, 0.2) is 0 Å². The molecular weight excluding hydrogens is 270 g/mol. The molecule has 0 amide bonds. The van der Waals surface area contributed by atoms with Crippen molar-refractivity contribution >= 4 is 0 Å². The Morgan fingerprint density at radius 2 is 2.00 bits per heavy atom. The molecule has 1 aliphatic carbocycles. The zero-order valence-corrected chi connectivity index (χ0v) is 13.7. The molecule has 0 aromatic heterocycles. The van der Waals surface area contributed by atoms with Gasteiger partial charge in [0.2, 0.25) is 0 Å². The quantitative estimate of drug-likeness (QED) is 0.880. The zero-order chi connectivity index (χ0) is 15.5. The van der Waals surface area contributed by atoms with Crippen LogP contribution in [0.5, 0.6) is 5.75 Å². The molecule has 3 rings (SSSR count). The highest BCUT2D eigenvalue weighted by Gasteiger charge is 2.22. The summed E-state index contributed by atoms with van der Waals surface area (Å²) in [6.45, 7) is 4.36. The Morgan fingerprint density at radius 1 is 1.18 bits per heavy atom. The third-order valence-corrected chi connectivity index (χ3v) is 4.67. The smallest absolute Gasteiger partial charge is 0.123 e. The Bertz CT molecular complexity index is 650. The van der Waals surface area contributed by atoms with Gasteiger partial charge in [0.1, 0.15) is 5.75 Å². The molecule has 2 heteroatoms. The molecule has 2 atom stereocenters. The number of aryl methyl sites for hydroxylation is 2. The summed E-state index contributed by atoms with van der Waals surface area (Å²) in [6.07, 6.45) is 3.67. The normalized spacial score (nSPS) is 18.6. The fourth-order valence-corrected chi connectivity index (χ4v) is 3.51.